The van der Waals surface area contributed by atoms with Crippen LogP contribution >= 0.6 is 0 Å². The lowest BCUT2D eigenvalue weighted by molar-refractivity contribution is 0.200. The lowest BCUT2D eigenvalue weighted by atomic mass is 9.82. The zero-order valence-corrected chi connectivity index (χ0v) is 25.6. The minimum atomic E-state index is -3.75. The summed E-state index contributed by atoms with van der Waals surface area (Å²) in [4.78, 5) is 0. The first-order chi connectivity index (χ1) is 21.3. The third-order valence-electron chi connectivity index (χ3n) is 8.80. The Morgan fingerprint density at radius 2 is 0.465 bits per heavy atom. The van der Waals surface area contributed by atoms with E-state index < -0.39 is 18.6 Å². The molecule has 0 spiro atoms. The molecule has 0 aliphatic carbocycles. The van der Waals surface area contributed by atoms with Crippen LogP contribution in [0.15, 0.2) is 182 Å². The minimum Gasteiger partial charge on any atom is -0.396 e. The highest BCUT2D eigenvalue weighted by Crippen LogP contribution is 2.58. The number of hydrogen-bond acceptors (Lipinski definition) is 2. The van der Waals surface area contributed by atoms with Crippen LogP contribution in [0.3, 0.4) is 0 Å². The molecule has 43 heavy (non-hydrogen) atoms. The summed E-state index contributed by atoms with van der Waals surface area (Å²) in [6.07, 6.45) is 0. The summed E-state index contributed by atoms with van der Waals surface area (Å²) in [7, 11) is -0.0477. The Balaban J connectivity index is 1.92. The van der Waals surface area contributed by atoms with Gasteiger partial charge in [0.2, 0.25) is 0 Å². The fourth-order valence-corrected chi connectivity index (χ4v) is 12.5. The first-order valence-corrected chi connectivity index (χ1v) is 16.5. The number of benzene rings is 6. The fraction of sp³-hybridized carbons (Fsp3) is 0.100. The second kappa shape index (κ2) is 12.4. The maximum atomic E-state index is 7.26. The Bertz CT molecular complexity index is 1380. The molecule has 0 N–H and O–H groups in total. The molecule has 2 nitrogen and oxygen atoms in total. The summed E-state index contributed by atoms with van der Waals surface area (Å²) in [5, 5.41) is -1.64. The van der Waals surface area contributed by atoms with Gasteiger partial charge in [-0.2, -0.15) is 0 Å². The first-order valence-electron chi connectivity index (χ1n) is 14.7. The highest BCUT2D eigenvalue weighted by molar-refractivity contribution is 6.77. The van der Waals surface area contributed by atoms with Crippen molar-refractivity contribution in [2.45, 2.75) is 10.1 Å². The van der Waals surface area contributed by atoms with Gasteiger partial charge < -0.3 is 8.85 Å². The summed E-state index contributed by atoms with van der Waals surface area (Å²) < 4.78 is 14.5. The van der Waals surface area contributed by atoms with Crippen LogP contribution < -0.4 is 0 Å². The van der Waals surface area contributed by atoms with E-state index in [-0.39, 0.29) is 0 Å². The Hall–Kier alpha value is -4.54. The van der Waals surface area contributed by atoms with Gasteiger partial charge in [0.1, 0.15) is 0 Å². The Morgan fingerprint density at radius 3 is 0.605 bits per heavy atom. The number of hydrogen-bond donors (Lipinski definition) is 0. The summed E-state index contributed by atoms with van der Waals surface area (Å²) in [6, 6.07) is 64.6. The molecule has 0 saturated carbocycles. The molecular formula is C40H36O2Si. The van der Waals surface area contributed by atoms with E-state index in [9.17, 15) is 0 Å². The van der Waals surface area contributed by atoms with E-state index in [0.29, 0.717) is 0 Å². The molecule has 0 amide bonds. The van der Waals surface area contributed by atoms with Crippen molar-refractivity contribution in [2.24, 2.45) is 0 Å². The molecule has 0 radical (unpaired) electrons. The van der Waals surface area contributed by atoms with Crippen molar-refractivity contribution >= 4 is 8.56 Å². The van der Waals surface area contributed by atoms with Gasteiger partial charge in [-0.1, -0.05) is 182 Å². The van der Waals surface area contributed by atoms with Crippen molar-refractivity contribution in [1.82, 2.24) is 0 Å². The molecule has 3 heteroatoms. The topological polar surface area (TPSA) is 18.5 Å². The molecule has 0 atom stereocenters. The van der Waals surface area contributed by atoms with Gasteiger partial charge in [0, 0.05) is 14.2 Å². The van der Waals surface area contributed by atoms with Crippen LogP contribution in [0.4, 0.5) is 0 Å². The maximum Gasteiger partial charge on any atom is 0.377 e. The molecule has 0 aliphatic heterocycles. The third-order valence-corrected chi connectivity index (χ3v) is 13.7. The Morgan fingerprint density at radius 1 is 0.302 bits per heavy atom. The Labute approximate surface area is 256 Å². The standard InChI is InChI=1S/C40H36O2Si/c1-41-43(42-2,39(33-21-9-3-10-22-33,34-23-11-4-12-24-34)35-25-13-5-14-26-35)40(36-27-15-6-16-28-36,37-29-17-7-18-30-37)38-31-19-8-20-32-38/h3-32H,1-2H3. The van der Waals surface area contributed by atoms with Gasteiger partial charge >= 0.3 is 8.56 Å². The average molecular weight is 577 g/mol. The van der Waals surface area contributed by atoms with Crippen LogP contribution in [0.5, 0.6) is 0 Å². The second-order valence-electron chi connectivity index (χ2n) is 10.7. The van der Waals surface area contributed by atoms with E-state index in [4.69, 9.17) is 8.85 Å². The molecule has 0 fully saturated rings. The van der Waals surface area contributed by atoms with Crippen molar-refractivity contribution in [3.05, 3.63) is 215 Å². The Kier molecular flexibility index (Phi) is 8.21. The summed E-state index contributed by atoms with van der Waals surface area (Å²) >= 11 is 0. The summed E-state index contributed by atoms with van der Waals surface area (Å²) in [5.41, 5.74) is 6.72. The van der Waals surface area contributed by atoms with Gasteiger partial charge in [0.25, 0.3) is 0 Å². The zero-order valence-electron chi connectivity index (χ0n) is 24.6. The highest BCUT2D eigenvalue weighted by atomic mass is 28.4. The van der Waals surface area contributed by atoms with Crippen LogP contribution in [-0.4, -0.2) is 22.8 Å². The monoisotopic (exact) mass is 576 g/mol. The molecule has 0 aliphatic rings. The zero-order chi connectivity index (χ0) is 29.6. The van der Waals surface area contributed by atoms with Crippen molar-refractivity contribution in [3.8, 4) is 0 Å². The van der Waals surface area contributed by atoms with Crippen LogP contribution in [-0.2, 0) is 18.9 Å². The molecule has 6 aromatic rings. The lowest BCUT2D eigenvalue weighted by Gasteiger charge is -2.57. The fourth-order valence-electron chi connectivity index (χ4n) is 7.25. The van der Waals surface area contributed by atoms with E-state index in [0.717, 1.165) is 33.4 Å². The van der Waals surface area contributed by atoms with Gasteiger partial charge in [-0.15, -0.1) is 0 Å². The van der Waals surface area contributed by atoms with E-state index >= 15 is 0 Å². The van der Waals surface area contributed by atoms with E-state index in [1.165, 1.54) is 0 Å². The van der Waals surface area contributed by atoms with Gasteiger partial charge in [0.05, 0.1) is 10.1 Å². The van der Waals surface area contributed by atoms with Gasteiger partial charge in [-0.25, -0.2) is 0 Å². The highest BCUT2D eigenvalue weighted by Gasteiger charge is 2.72. The third kappa shape index (κ3) is 4.40. The van der Waals surface area contributed by atoms with Crippen LogP contribution in [0, 0.1) is 0 Å². The van der Waals surface area contributed by atoms with Crippen molar-refractivity contribution < 1.29 is 8.85 Å². The normalized spacial score (nSPS) is 12.1. The first kappa shape index (κ1) is 28.6. The predicted molar refractivity (Wildman–Crippen MR) is 178 cm³/mol. The van der Waals surface area contributed by atoms with Crippen molar-refractivity contribution in [1.29, 1.82) is 0 Å². The van der Waals surface area contributed by atoms with Crippen LogP contribution in [0.25, 0.3) is 0 Å². The average Bonchev–Trinajstić information content (AvgIpc) is 3.11. The summed E-state index contributed by atoms with van der Waals surface area (Å²) in [5.74, 6) is 0. The molecule has 0 unspecified atom stereocenters. The minimum absolute atomic E-state index is 0.818. The van der Waals surface area contributed by atoms with E-state index in [1.807, 2.05) is 14.2 Å². The van der Waals surface area contributed by atoms with E-state index in [1.54, 1.807) is 0 Å². The largest absolute Gasteiger partial charge is 0.396 e. The predicted octanol–water partition coefficient (Wildman–Crippen LogP) is 8.87. The van der Waals surface area contributed by atoms with Gasteiger partial charge in [-0.05, 0) is 33.4 Å². The molecule has 6 aromatic carbocycles. The quantitative estimate of drug-likeness (QED) is 0.120. The van der Waals surface area contributed by atoms with Crippen LogP contribution in [0.1, 0.15) is 33.4 Å². The molecule has 6 rings (SSSR count). The van der Waals surface area contributed by atoms with Crippen molar-refractivity contribution in [2.75, 3.05) is 14.2 Å². The molecule has 0 bridgehead atoms. The molecule has 0 heterocycles. The lowest BCUT2D eigenvalue weighted by Crippen LogP contribution is -2.73. The van der Waals surface area contributed by atoms with Gasteiger partial charge in [-0.3, -0.25) is 0 Å². The molecule has 212 valence electrons. The van der Waals surface area contributed by atoms with Gasteiger partial charge in [0.15, 0.2) is 0 Å². The number of rotatable bonds is 10. The SMILES string of the molecule is CO[Si](OC)(C(c1ccccc1)(c1ccccc1)c1ccccc1)C(c1ccccc1)(c1ccccc1)c1ccccc1. The molecular weight excluding hydrogens is 541 g/mol. The summed E-state index contributed by atoms with van der Waals surface area (Å²) in [6.45, 7) is 0. The maximum absolute atomic E-state index is 7.26. The second-order valence-corrected chi connectivity index (χ2v) is 14.3. The smallest absolute Gasteiger partial charge is 0.377 e. The molecule has 0 saturated heterocycles. The molecule has 0 aromatic heterocycles. The van der Waals surface area contributed by atoms with E-state index in [2.05, 4.69) is 182 Å². The van der Waals surface area contributed by atoms with Crippen LogP contribution in [0.2, 0.25) is 0 Å². The van der Waals surface area contributed by atoms with Crippen molar-refractivity contribution in [3.63, 3.8) is 0 Å².